The minimum Gasteiger partial charge on any atom is -0.337 e. The van der Waals surface area contributed by atoms with Crippen molar-refractivity contribution in [3.05, 3.63) is 35.9 Å². The quantitative estimate of drug-likeness (QED) is 0.830. The van der Waals surface area contributed by atoms with E-state index < -0.39 is 0 Å². The van der Waals surface area contributed by atoms with E-state index in [9.17, 15) is 4.79 Å². The number of hydrogen-bond donors (Lipinski definition) is 1. The average Bonchev–Trinajstić information content (AvgIpc) is 2.30. The molecule has 3 nitrogen and oxygen atoms in total. The molecule has 3 heteroatoms. The van der Waals surface area contributed by atoms with Crippen molar-refractivity contribution in [2.45, 2.75) is 19.3 Å². The third-order valence-corrected chi connectivity index (χ3v) is 2.67. The Labute approximate surface area is 97.5 Å². The van der Waals surface area contributed by atoms with Gasteiger partial charge in [-0.25, -0.2) is 4.79 Å². The second-order valence-electron chi connectivity index (χ2n) is 4.10. The van der Waals surface area contributed by atoms with E-state index in [-0.39, 0.29) is 6.03 Å². The molecule has 1 unspecified atom stereocenters. The van der Waals surface area contributed by atoms with Crippen molar-refractivity contribution in [2.75, 3.05) is 20.6 Å². The summed E-state index contributed by atoms with van der Waals surface area (Å²) in [7, 11) is 3.50. The number of hydrogen-bond acceptors (Lipinski definition) is 1. The smallest absolute Gasteiger partial charge is 0.316 e. The summed E-state index contributed by atoms with van der Waals surface area (Å²) in [4.78, 5) is 13.0. The molecule has 0 bridgehead atoms. The maximum absolute atomic E-state index is 11.4. The van der Waals surface area contributed by atoms with E-state index in [2.05, 4.69) is 24.4 Å². The summed E-state index contributed by atoms with van der Waals surface area (Å²) >= 11 is 0. The first-order chi connectivity index (χ1) is 7.65. The summed E-state index contributed by atoms with van der Waals surface area (Å²) in [6.07, 6.45) is 1.03. The van der Waals surface area contributed by atoms with E-state index in [0.29, 0.717) is 12.5 Å². The predicted octanol–water partition coefficient (Wildman–Crippen LogP) is 2.45. The zero-order valence-electron chi connectivity index (χ0n) is 10.2. The molecule has 1 N–H and O–H groups in total. The van der Waals surface area contributed by atoms with Crippen LogP contribution in [0.2, 0.25) is 0 Å². The highest BCUT2D eigenvalue weighted by molar-refractivity contribution is 5.73. The zero-order chi connectivity index (χ0) is 12.0. The first kappa shape index (κ1) is 12.6. The van der Waals surface area contributed by atoms with Crippen LogP contribution in [0.1, 0.15) is 24.8 Å². The van der Waals surface area contributed by atoms with Crippen LogP contribution in [0.5, 0.6) is 0 Å². The molecule has 1 atom stereocenters. The average molecular weight is 220 g/mol. The Hall–Kier alpha value is -1.51. The number of benzene rings is 1. The van der Waals surface area contributed by atoms with Crippen LogP contribution in [-0.2, 0) is 0 Å². The lowest BCUT2D eigenvalue weighted by Crippen LogP contribution is -2.36. The van der Waals surface area contributed by atoms with Crippen molar-refractivity contribution in [1.29, 1.82) is 0 Å². The molecule has 0 aliphatic rings. The lowest BCUT2D eigenvalue weighted by atomic mass is 9.97. The van der Waals surface area contributed by atoms with Crippen LogP contribution in [0.25, 0.3) is 0 Å². The number of nitrogens with one attached hydrogen (secondary N) is 1. The number of rotatable bonds is 4. The molecule has 0 spiro atoms. The van der Waals surface area contributed by atoms with Gasteiger partial charge in [-0.05, 0) is 12.0 Å². The number of nitrogens with zero attached hydrogens (tertiary/aromatic N) is 1. The first-order valence-corrected chi connectivity index (χ1v) is 5.65. The van der Waals surface area contributed by atoms with Gasteiger partial charge in [-0.1, -0.05) is 37.3 Å². The molecular formula is C13H20N2O. The molecule has 1 aromatic rings. The van der Waals surface area contributed by atoms with E-state index in [1.807, 2.05) is 18.2 Å². The van der Waals surface area contributed by atoms with Gasteiger partial charge < -0.3 is 10.2 Å². The van der Waals surface area contributed by atoms with Crippen LogP contribution in [-0.4, -0.2) is 31.6 Å². The summed E-state index contributed by atoms with van der Waals surface area (Å²) in [5.74, 6) is 0.394. The van der Waals surface area contributed by atoms with Crippen LogP contribution in [0.15, 0.2) is 30.3 Å². The van der Waals surface area contributed by atoms with Crippen LogP contribution in [0.3, 0.4) is 0 Å². The Morgan fingerprint density at radius 1 is 1.31 bits per heavy atom. The molecule has 1 aromatic carbocycles. The molecule has 2 amide bonds. The zero-order valence-corrected chi connectivity index (χ0v) is 10.2. The highest BCUT2D eigenvalue weighted by Gasteiger charge is 2.10. The molecule has 88 valence electrons. The van der Waals surface area contributed by atoms with Gasteiger partial charge in [0.2, 0.25) is 0 Å². The topological polar surface area (TPSA) is 32.3 Å². The second-order valence-corrected chi connectivity index (χ2v) is 4.10. The van der Waals surface area contributed by atoms with Gasteiger partial charge in [-0.2, -0.15) is 0 Å². The van der Waals surface area contributed by atoms with Crippen molar-refractivity contribution >= 4 is 6.03 Å². The fraction of sp³-hybridized carbons (Fsp3) is 0.462. The van der Waals surface area contributed by atoms with Crippen molar-refractivity contribution in [3.8, 4) is 0 Å². The Balaban J connectivity index is 2.54. The van der Waals surface area contributed by atoms with Gasteiger partial charge in [-0.3, -0.25) is 0 Å². The standard InChI is InChI=1S/C13H20N2O/c1-4-11(10-14-13(16)15(2)3)12-8-6-5-7-9-12/h5-9,11H,4,10H2,1-3H3,(H,14,16). The number of urea groups is 1. The molecular weight excluding hydrogens is 200 g/mol. The van der Waals surface area contributed by atoms with Crippen molar-refractivity contribution in [2.24, 2.45) is 0 Å². The predicted molar refractivity (Wildman–Crippen MR) is 66.6 cm³/mol. The Morgan fingerprint density at radius 2 is 1.94 bits per heavy atom. The number of carbonyl (C=O) groups is 1. The van der Waals surface area contributed by atoms with Crippen LogP contribution in [0, 0.1) is 0 Å². The maximum Gasteiger partial charge on any atom is 0.316 e. The maximum atomic E-state index is 11.4. The highest BCUT2D eigenvalue weighted by Crippen LogP contribution is 2.17. The molecule has 0 heterocycles. The second kappa shape index (κ2) is 6.16. The van der Waals surface area contributed by atoms with Gasteiger partial charge in [0.1, 0.15) is 0 Å². The van der Waals surface area contributed by atoms with E-state index >= 15 is 0 Å². The van der Waals surface area contributed by atoms with E-state index in [0.717, 1.165) is 6.42 Å². The lowest BCUT2D eigenvalue weighted by molar-refractivity contribution is 0.216. The van der Waals surface area contributed by atoms with Crippen LogP contribution in [0.4, 0.5) is 4.79 Å². The molecule has 16 heavy (non-hydrogen) atoms. The van der Waals surface area contributed by atoms with Gasteiger partial charge in [0.25, 0.3) is 0 Å². The Morgan fingerprint density at radius 3 is 2.44 bits per heavy atom. The summed E-state index contributed by atoms with van der Waals surface area (Å²) in [6, 6.07) is 10.3. The largest absolute Gasteiger partial charge is 0.337 e. The fourth-order valence-electron chi connectivity index (χ4n) is 1.59. The van der Waals surface area contributed by atoms with Gasteiger partial charge in [-0.15, -0.1) is 0 Å². The van der Waals surface area contributed by atoms with Crippen molar-refractivity contribution in [3.63, 3.8) is 0 Å². The van der Waals surface area contributed by atoms with Crippen LogP contribution < -0.4 is 5.32 Å². The third kappa shape index (κ3) is 3.57. The molecule has 0 fully saturated rings. The minimum absolute atomic E-state index is 0.0330. The lowest BCUT2D eigenvalue weighted by Gasteiger charge is -2.18. The highest BCUT2D eigenvalue weighted by atomic mass is 16.2. The van der Waals surface area contributed by atoms with E-state index in [1.165, 1.54) is 5.56 Å². The summed E-state index contributed by atoms with van der Waals surface area (Å²) < 4.78 is 0. The normalized spacial score (nSPS) is 11.9. The minimum atomic E-state index is -0.0330. The van der Waals surface area contributed by atoms with E-state index in [1.54, 1.807) is 19.0 Å². The Kier molecular flexibility index (Phi) is 4.83. The van der Waals surface area contributed by atoms with Crippen molar-refractivity contribution < 1.29 is 4.79 Å². The summed E-state index contributed by atoms with van der Waals surface area (Å²) in [5.41, 5.74) is 1.28. The summed E-state index contributed by atoms with van der Waals surface area (Å²) in [5, 5.41) is 2.92. The van der Waals surface area contributed by atoms with Gasteiger partial charge in [0.15, 0.2) is 0 Å². The fourth-order valence-corrected chi connectivity index (χ4v) is 1.59. The summed E-state index contributed by atoms with van der Waals surface area (Å²) in [6.45, 7) is 2.83. The molecule has 0 saturated heterocycles. The van der Waals surface area contributed by atoms with Gasteiger partial charge in [0, 0.05) is 26.6 Å². The number of carbonyl (C=O) groups excluding carboxylic acids is 1. The molecule has 0 radical (unpaired) electrons. The third-order valence-electron chi connectivity index (χ3n) is 2.67. The SMILES string of the molecule is CCC(CNC(=O)N(C)C)c1ccccc1. The van der Waals surface area contributed by atoms with Gasteiger partial charge >= 0.3 is 6.03 Å². The first-order valence-electron chi connectivity index (χ1n) is 5.65. The van der Waals surface area contributed by atoms with E-state index in [4.69, 9.17) is 0 Å². The van der Waals surface area contributed by atoms with Gasteiger partial charge in [0.05, 0.1) is 0 Å². The Bertz CT molecular complexity index is 322. The molecule has 0 aliphatic carbocycles. The molecule has 0 aliphatic heterocycles. The van der Waals surface area contributed by atoms with Crippen molar-refractivity contribution in [1.82, 2.24) is 10.2 Å². The molecule has 1 rings (SSSR count). The molecule has 0 saturated carbocycles. The van der Waals surface area contributed by atoms with Crippen LogP contribution >= 0.6 is 0 Å². The monoisotopic (exact) mass is 220 g/mol. The molecule has 0 aromatic heterocycles. The number of amides is 2.